The summed E-state index contributed by atoms with van der Waals surface area (Å²) in [7, 11) is 0. The van der Waals surface area contributed by atoms with Crippen LogP contribution in [-0.2, 0) is 4.79 Å². The second-order valence-corrected chi connectivity index (χ2v) is 7.32. The van der Waals surface area contributed by atoms with Gasteiger partial charge in [-0.2, -0.15) is 0 Å². The number of benzene rings is 1. The number of halogens is 2. The maximum Gasteiger partial charge on any atom is 0.319 e. The average molecular weight is 399 g/mol. The van der Waals surface area contributed by atoms with E-state index in [4.69, 9.17) is 5.73 Å². The van der Waals surface area contributed by atoms with Crippen LogP contribution in [0, 0.1) is 11.7 Å². The first kappa shape index (κ1) is 21.4. The molecule has 1 aliphatic heterocycles. The van der Waals surface area contributed by atoms with Crippen LogP contribution in [-0.4, -0.2) is 42.0 Å². The number of nitrogens with two attached hydrogens (primary N) is 1. The van der Waals surface area contributed by atoms with Crippen LogP contribution < -0.4 is 16.4 Å². The number of hydrogen-bond acceptors (Lipinski definition) is 3. The second kappa shape index (κ2) is 9.90. The van der Waals surface area contributed by atoms with E-state index < -0.39 is 0 Å². The molecule has 1 aliphatic carbocycles. The molecular weight excluding hydrogens is 371 g/mol. The Bertz CT molecular complexity index is 635. The van der Waals surface area contributed by atoms with Crippen molar-refractivity contribution in [1.29, 1.82) is 0 Å². The third-order valence-corrected chi connectivity index (χ3v) is 5.44. The summed E-state index contributed by atoms with van der Waals surface area (Å²) in [6.07, 6.45) is 5.21. The number of anilines is 1. The van der Waals surface area contributed by atoms with E-state index in [0.29, 0.717) is 31.1 Å². The molecule has 1 heterocycles. The van der Waals surface area contributed by atoms with Gasteiger partial charge in [0.2, 0.25) is 5.91 Å². The minimum atomic E-state index is -0.341. The van der Waals surface area contributed by atoms with Gasteiger partial charge in [-0.3, -0.25) is 4.79 Å². The summed E-state index contributed by atoms with van der Waals surface area (Å²) < 4.78 is 12.9. The van der Waals surface area contributed by atoms with Crippen molar-refractivity contribution in [2.75, 3.05) is 18.4 Å². The van der Waals surface area contributed by atoms with Crippen LogP contribution in [0.25, 0.3) is 0 Å². The predicted molar refractivity (Wildman–Crippen MR) is 105 cm³/mol. The summed E-state index contributed by atoms with van der Waals surface area (Å²) in [5, 5.41) is 5.61. The Morgan fingerprint density at radius 3 is 2.37 bits per heavy atom. The van der Waals surface area contributed by atoms with Crippen LogP contribution in [0.2, 0.25) is 0 Å². The Morgan fingerprint density at radius 1 is 1.11 bits per heavy atom. The van der Waals surface area contributed by atoms with Crippen molar-refractivity contribution in [1.82, 2.24) is 10.2 Å². The van der Waals surface area contributed by atoms with E-state index in [0.717, 1.165) is 32.1 Å². The molecule has 150 valence electrons. The van der Waals surface area contributed by atoms with Crippen molar-refractivity contribution in [3.63, 3.8) is 0 Å². The van der Waals surface area contributed by atoms with Gasteiger partial charge in [0.25, 0.3) is 0 Å². The number of rotatable bonds is 4. The van der Waals surface area contributed by atoms with Crippen molar-refractivity contribution in [3.8, 4) is 0 Å². The molecular formula is C19H28ClFN4O2. The second-order valence-electron chi connectivity index (χ2n) is 7.32. The largest absolute Gasteiger partial charge is 0.343 e. The minimum Gasteiger partial charge on any atom is -0.343 e. The number of likely N-dealkylation sites (tertiary alicyclic amines) is 1. The molecule has 1 aromatic rings. The molecule has 2 atom stereocenters. The number of carbonyl (C=O) groups is 2. The number of piperidine rings is 1. The zero-order chi connectivity index (χ0) is 18.5. The molecule has 6 nitrogen and oxygen atoms in total. The summed E-state index contributed by atoms with van der Waals surface area (Å²) in [6.45, 7) is 1.31. The van der Waals surface area contributed by atoms with Crippen LogP contribution in [0.3, 0.4) is 0 Å². The maximum absolute atomic E-state index is 12.9. The van der Waals surface area contributed by atoms with E-state index in [1.807, 2.05) is 4.90 Å². The van der Waals surface area contributed by atoms with Crippen LogP contribution in [0.1, 0.15) is 38.5 Å². The number of hydrogen-bond donors (Lipinski definition) is 3. The molecule has 8 heteroatoms. The summed E-state index contributed by atoms with van der Waals surface area (Å²) in [6, 6.07) is 5.53. The molecule has 0 unspecified atom stereocenters. The fraction of sp³-hybridized carbons (Fsp3) is 0.579. The lowest BCUT2D eigenvalue weighted by Gasteiger charge is -2.33. The minimum absolute atomic E-state index is 0. The summed E-state index contributed by atoms with van der Waals surface area (Å²) >= 11 is 0. The lowest BCUT2D eigenvalue weighted by atomic mass is 9.98. The van der Waals surface area contributed by atoms with Gasteiger partial charge in [-0.05, 0) is 55.9 Å². The molecule has 3 amide bonds. The highest BCUT2D eigenvalue weighted by Gasteiger charge is 2.30. The van der Waals surface area contributed by atoms with E-state index in [2.05, 4.69) is 10.6 Å². The van der Waals surface area contributed by atoms with E-state index in [-0.39, 0.29) is 42.2 Å². The molecule has 2 fully saturated rings. The number of nitrogens with one attached hydrogen (secondary N) is 2. The predicted octanol–water partition coefficient (Wildman–Crippen LogP) is 2.88. The monoisotopic (exact) mass is 398 g/mol. The number of nitrogens with zero attached hydrogens (tertiary/aromatic N) is 1. The van der Waals surface area contributed by atoms with Crippen LogP contribution in [0.4, 0.5) is 14.9 Å². The van der Waals surface area contributed by atoms with E-state index >= 15 is 0 Å². The molecule has 0 bridgehead atoms. The van der Waals surface area contributed by atoms with Crippen LogP contribution in [0.5, 0.6) is 0 Å². The first-order valence-corrected chi connectivity index (χ1v) is 9.37. The van der Waals surface area contributed by atoms with Gasteiger partial charge in [0.05, 0.1) is 0 Å². The Kier molecular flexibility index (Phi) is 7.86. The van der Waals surface area contributed by atoms with Gasteiger partial charge in [-0.25, -0.2) is 9.18 Å². The third kappa shape index (κ3) is 6.07. The van der Waals surface area contributed by atoms with Crippen molar-refractivity contribution in [2.45, 2.75) is 50.6 Å². The van der Waals surface area contributed by atoms with Gasteiger partial charge in [-0.1, -0.05) is 6.42 Å². The summed E-state index contributed by atoms with van der Waals surface area (Å²) in [5.74, 6) is 0.160. The Labute approximate surface area is 165 Å². The SMILES string of the molecule is Cl.N[C@@H]1CCC[C@H]1CC(=O)N1CCC(NC(=O)Nc2ccc(F)cc2)CC1. The number of amides is 3. The summed E-state index contributed by atoms with van der Waals surface area (Å²) in [4.78, 5) is 26.4. The highest BCUT2D eigenvalue weighted by Crippen LogP contribution is 2.27. The highest BCUT2D eigenvalue weighted by molar-refractivity contribution is 5.89. The van der Waals surface area contributed by atoms with Crippen LogP contribution >= 0.6 is 12.4 Å². The quantitative estimate of drug-likeness (QED) is 0.728. The van der Waals surface area contributed by atoms with Gasteiger partial charge >= 0.3 is 6.03 Å². The Morgan fingerprint density at radius 2 is 1.78 bits per heavy atom. The van der Waals surface area contributed by atoms with Gasteiger partial charge in [-0.15, -0.1) is 12.4 Å². The first-order chi connectivity index (χ1) is 12.5. The zero-order valence-corrected chi connectivity index (χ0v) is 16.1. The lowest BCUT2D eigenvalue weighted by Crippen LogP contribution is -2.48. The Hall–Kier alpha value is -1.86. The maximum atomic E-state index is 12.9. The topological polar surface area (TPSA) is 87.5 Å². The van der Waals surface area contributed by atoms with E-state index in [9.17, 15) is 14.0 Å². The fourth-order valence-corrected chi connectivity index (χ4v) is 3.83. The van der Waals surface area contributed by atoms with Crippen molar-refractivity contribution in [2.24, 2.45) is 11.7 Å². The van der Waals surface area contributed by atoms with Gasteiger partial charge < -0.3 is 21.3 Å². The third-order valence-electron chi connectivity index (χ3n) is 5.44. The molecule has 0 spiro atoms. The molecule has 0 radical (unpaired) electrons. The molecule has 27 heavy (non-hydrogen) atoms. The average Bonchev–Trinajstić information content (AvgIpc) is 3.02. The lowest BCUT2D eigenvalue weighted by molar-refractivity contribution is -0.133. The smallest absolute Gasteiger partial charge is 0.319 e. The molecule has 1 saturated heterocycles. The molecule has 4 N–H and O–H groups in total. The van der Waals surface area contributed by atoms with E-state index in [1.54, 1.807) is 0 Å². The zero-order valence-electron chi connectivity index (χ0n) is 15.3. The van der Waals surface area contributed by atoms with Crippen molar-refractivity contribution in [3.05, 3.63) is 30.1 Å². The van der Waals surface area contributed by atoms with Crippen LogP contribution in [0.15, 0.2) is 24.3 Å². The van der Waals surface area contributed by atoms with Crippen molar-refractivity contribution >= 4 is 30.0 Å². The van der Waals surface area contributed by atoms with Crippen molar-refractivity contribution < 1.29 is 14.0 Å². The van der Waals surface area contributed by atoms with Gasteiger partial charge in [0.1, 0.15) is 5.82 Å². The molecule has 1 saturated carbocycles. The van der Waals surface area contributed by atoms with Gasteiger partial charge in [0.15, 0.2) is 0 Å². The molecule has 0 aromatic heterocycles. The normalized spacial score (nSPS) is 22.8. The van der Waals surface area contributed by atoms with Gasteiger partial charge in [0, 0.05) is 37.3 Å². The number of carbonyl (C=O) groups excluding carboxylic acids is 2. The fourth-order valence-electron chi connectivity index (χ4n) is 3.83. The standard InChI is InChI=1S/C19H27FN4O2.ClH/c20-14-4-6-15(7-5-14)22-19(26)23-16-8-10-24(11-9-16)18(25)12-13-2-1-3-17(13)21;/h4-7,13,16-17H,1-3,8-12,21H2,(H2,22,23,26);1H/t13-,17+;/m0./s1. The summed E-state index contributed by atoms with van der Waals surface area (Å²) in [5.41, 5.74) is 6.61. The van der Waals surface area contributed by atoms with E-state index in [1.165, 1.54) is 24.3 Å². The highest BCUT2D eigenvalue weighted by atomic mass is 35.5. The number of urea groups is 1. The molecule has 3 rings (SSSR count). The Balaban J connectivity index is 0.00000261. The molecule has 1 aromatic carbocycles. The first-order valence-electron chi connectivity index (χ1n) is 9.37. The molecule has 2 aliphatic rings.